The van der Waals surface area contributed by atoms with Gasteiger partial charge in [-0.1, -0.05) is 0 Å². The Morgan fingerprint density at radius 1 is 1.33 bits per heavy atom. The fourth-order valence-electron chi connectivity index (χ4n) is 1.86. The third kappa shape index (κ3) is 2.30. The van der Waals surface area contributed by atoms with Gasteiger partial charge in [0.25, 0.3) is 0 Å². The molecule has 0 bridgehead atoms. The molecule has 2 aliphatic heterocycles. The summed E-state index contributed by atoms with van der Waals surface area (Å²) in [7, 11) is 0. The second-order valence-electron chi connectivity index (χ2n) is 3.48. The molecular weight excluding hydrogens is 226 g/mol. The number of rotatable bonds is 4. The summed E-state index contributed by atoms with van der Waals surface area (Å²) in [6, 6.07) is 0. The second kappa shape index (κ2) is 4.73. The summed E-state index contributed by atoms with van der Waals surface area (Å²) >= 11 is 5.16. The summed E-state index contributed by atoms with van der Waals surface area (Å²) in [6.07, 6.45) is -0.992. The van der Waals surface area contributed by atoms with Crippen molar-refractivity contribution < 1.29 is 23.8 Å². The first-order valence-corrected chi connectivity index (χ1v) is 4.99. The first-order valence-electron chi connectivity index (χ1n) is 4.61. The SMILES string of the molecule is NO[C@@H]1CO[C@H]2[C@@H]1OC[C@@H]2OCC(=O)Cl. The lowest BCUT2D eigenvalue weighted by molar-refractivity contribution is -0.120. The van der Waals surface area contributed by atoms with Crippen LogP contribution in [0.25, 0.3) is 0 Å². The van der Waals surface area contributed by atoms with Gasteiger partial charge in [0.15, 0.2) is 0 Å². The fourth-order valence-corrected chi connectivity index (χ4v) is 1.92. The summed E-state index contributed by atoms with van der Waals surface area (Å²) in [5, 5.41) is -0.539. The molecule has 6 nitrogen and oxygen atoms in total. The van der Waals surface area contributed by atoms with Gasteiger partial charge in [-0.15, -0.1) is 0 Å². The Kier molecular flexibility index (Phi) is 3.55. The van der Waals surface area contributed by atoms with Crippen molar-refractivity contribution in [2.75, 3.05) is 19.8 Å². The van der Waals surface area contributed by atoms with Crippen molar-refractivity contribution in [2.45, 2.75) is 24.4 Å². The lowest BCUT2D eigenvalue weighted by Gasteiger charge is -2.15. The van der Waals surface area contributed by atoms with Crippen LogP contribution in [-0.2, 0) is 23.8 Å². The highest BCUT2D eigenvalue weighted by molar-refractivity contribution is 6.63. The van der Waals surface area contributed by atoms with Gasteiger partial charge in [-0.2, -0.15) is 0 Å². The zero-order valence-electron chi connectivity index (χ0n) is 7.93. The quantitative estimate of drug-likeness (QED) is 0.509. The first-order chi connectivity index (χ1) is 7.22. The Balaban J connectivity index is 1.87. The van der Waals surface area contributed by atoms with Crippen LogP contribution < -0.4 is 5.90 Å². The molecule has 0 spiro atoms. The van der Waals surface area contributed by atoms with E-state index in [0.29, 0.717) is 13.2 Å². The Morgan fingerprint density at radius 2 is 1.93 bits per heavy atom. The van der Waals surface area contributed by atoms with Crippen LogP contribution >= 0.6 is 11.6 Å². The van der Waals surface area contributed by atoms with Crippen LogP contribution in [0, 0.1) is 0 Å². The highest BCUT2D eigenvalue weighted by atomic mass is 35.5. The molecule has 2 saturated heterocycles. The fraction of sp³-hybridized carbons (Fsp3) is 0.875. The number of hydrogen-bond acceptors (Lipinski definition) is 6. The Hall–Kier alpha value is -0.240. The van der Waals surface area contributed by atoms with Crippen LogP contribution in [0.1, 0.15) is 0 Å². The Bertz CT molecular complexity index is 251. The Morgan fingerprint density at radius 3 is 2.53 bits per heavy atom. The lowest BCUT2D eigenvalue weighted by Crippen LogP contribution is -2.35. The van der Waals surface area contributed by atoms with Gasteiger partial charge in [0.1, 0.15) is 31.0 Å². The van der Waals surface area contributed by atoms with Crippen LogP contribution in [0.2, 0.25) is 0 Å². The summed E-state index contributed by atoms with van der Waals surface area (Å²) in [4.78, 5) is 15.2. The van der Waals surface area contributed by atoms with Crippen molar-refractivity contribution in [1.82, 2.24) is 0 Å². The van der Waals surface area contributed by atoms with Gasteiger partial charge in [-0.05, 0) is 11.6 Å². The van der Waals surface area contributed by atoms with E-state index in [4.69, 9.17) is 36.5 Å². The van der Waals surface area contributed by atoms with Crippen molar-refractivity contribution in [3.63, 3.8) is 0 Å². The number of carbonyl (C=O) groups is 1. The molecule has 15 heavy (non-hydrogen) atoms. The molecular formula is C8H12ClNO5. The van der Waals surface area contributed by atoms with Gasteiger partial charge in [-0.3, -0.25) is 9.63 Å². The molecule has 7 heteroatoms. The zero-order valence-corrected chi connectivity index (χ0v) is 8.68. The predicted molar refractivity (Wildman–Crippen MR) is 49.1 cm³/mol. The normalized spacial score (nSPS) is 39.3. The van der Waals surface area contributed by atoms with E-state index in [2.05, 4.69) is 0 Å². The summed E-state index contributed by atoms with van der Waals surface area (Å²) in [6.45, 7) is 0.593. The topological polar surface area (TPSA) is 80.0 Å². The number of fused-ring (bicyclic) bond motifs is 1. The number of ether oxygens (including phenoxy) is 3. The standard InChI is InChI=1S/C8H12ClNO5/c9-6(11)3-12-4-1-13-8-5(15-10)2-14-7(4)8/h4-5,7-8H,1-3,10H2/t4-,5+,7+,8+/m0/s1. The molecule has 2 heterocycles. The molecule has 0 aliphatic carbocycles. The molecule has 2 N–H and O–H groups in total. The van der Waals surface area contributed by atoms with E-state index >= 15 is 0 Å². The van der Waals surface area contributed by atoms with Crippen LogP contribution in [-0.4, -0.2) is 49.5 Å². The third-order valence-electron chi connectivity index (χ3n) is 2.55. The zero-order chi connectivity index (χ0) is 10.8. The maximum Gasteiger partial charge on any atom is 0.247 e. The average molecular weight is 238 g/mol. The highest BCUT2D eigenvalue weighted by Gasteiger charge is 2.49. The van der Waals surface area contributed by atoms with Crippen molar-refractivity contribution in [3.8, 4) is 0 Å². The average Bonchev–Trinajstić information content (AvgIpc) is 2.74. The molecule has 0 unspecified atom stereocenters. The molecule has 2 aliphatic rings. The van der Waals surface area contributed by atoms with E-state index in [1.54, 1.807) is 0 Å². The van der Waals surface area contributed by atoms with Gasteiger partial charge in [-0.25, -0.2) is 5.90 Å². The van der Waals surface area contributed by atoms with E-state index < -0.39 is 5.24 Å². The lowest BCUT2D eigenvalue weighted by atomic mass is 10.1. The highest BCUT2D eigenvalue weighted by Crippen LogP contribution is 2.29. The second-order valence-corrected chi connectivity index (χ2v) is 3.90. The number of halogens is 1. The number of carbonyl (C=O) groups excluding carboxylic acids is 1. The number of hydrogen-bond donors (Lipinski definition) is 1. The minimum atomic E-state index is -0.539. The summed E-state index contributed by atoms with van der Waals surface area (Å²) in [5.41, 5.74) is 0. The molecule has 2 rings (SSSR count). The van der Waals surface area contributed by atoms with E-state index in [9.17, 15) is 4.79 Å². The minimum absolute atomic E-state index is 0.143. The van der Waals surface area contributed by atoms with E-state index in [-0.39, 0.29) is 31.0 Å². The molecule has 0 amide bonds. The molecule has 0 aromatic carbocycles. The van der Waals surface area contributed by atoms with Gasteiger partial charge in [0.2, 0.25) is 5.24 Å². The third-order valence-corrected chi connectivity index (χ3v) is 2.66. The van der Waals surface area contributed by atoms with Gasteiger partial charge in [0.05, 0.1) is 13.2 Å². The predicted octanol–water partition coefficient (Wildman–Crippen LogP) is -0.807. The molecule has 2 fully saturated rings. The van der Waals surface area contributed by atoms with Crippen LogP contribution in [0.4, 0.5) is 0 Å². The first kappa shape index (κ1) is 11.3. The molecule has 0 aromatic rings. The van der Waals surface area contributed by atoms with E-state index in [0.717, 1.165) is 0 Å². The smallest absolute Gasteiger partial charge is 0.247 e. The number of nitrogens with two attached hydrogens (primary N) is 1. The van der Waals surface area contributed by atoms with Crippen LogP contribution in [0.5, 0.6) is 0 Å². The maximum atomic E-state index is 10.5. The minimum Gasteiger partial charge on any atom is -0.370 e. The Labute approximate surface area is 91.5 Å². The largest absolute Gasteiger partial charge is 0.370 e. The monoisotopic (exact) mass is 237 g/mol. The molecule has 0 saturated carbocycles. The van der Waals surface area contributed by atoms with Crippen LogP contribution in [0.3, 0.4) is 0 Å². The van der Waals surface area contributed by atoms with E-state index in [1.165, 1.54) is 0 Å². The maximum absolute atomic E-state index is 10.5. The van der Waals surface area contributed by atoms with Crippen molar-refractivity contribution in [1.29, 1.82) is 0 Å². The van der Waals surface area contributed by atoms with E-state index in [1.807, 2.05) is 0 Å². The molecule has 0 aromatic heterocycles. The summed E-state index contributed by atoms with van der Waals surface area (Å²) < 4.78 is 16.1. The van der Waals surface area contributed by atoms with Crippen molar-refractivity contribution >= 4 is 16.8 Å². The van der Waals surface area contributed by atoms with Crippen molar-refractivity contribution in [3.05, 3.63) is 0 Å². The molecule has 0 radical (unpaired) electrons. The molecule has 86 valence electrons. The van der Waals surface area contributed by atoms with Gasteiger partial charge < -0.3 is 14.2 Å². The van der Waals surface area contributed by atoms with Gasteiger partial charge >= 0.3 is 0 Å². The molecule has 4 atom stereocenters. The van der Waals surface area contributed by atoms with Crippen molar-refractivity contribution in [2.24, 2.45) is 5.90 Å². The van der Waals surface area contributed by atoms with Gasteiger partial charge in [0, 0.05) is 0 Å². The summed E-state index contributed by atoms with van der Waals surface area (Å²) in [5.74, 6) is 5.08. The van der Waals surface area contributed by atoms with Crippen LogP contribution in [0.15, 0.2) is 0 Å².